The Labute approximate surface area is 152 Å². The molecular weight excluding hydrogens is 330 g/mol. The largest absolute Gasteiger partial charge is 0.497 e. The maximum absolute atomic E-state index is 12.1. The molecule has 7 heteroatoms. The lowest BCUT2D eigenvalue weighted by atomic mass is 10.2. The Morgan fingerprint density at radius 3 is 2.54 bits per heavy atom. The van der Waals surface area contributed by atoms with E-state index in [4.69, 9.17) is 4.74 Å². The predicted molar refractivity (Wildman–Crippen MR) is 101 cm³/mol. The van der Waals surface area contributed by atoms with Gasteiger partial charge in [-0.05, 0) is 43.3 Å². The van der Waals surface area contributed by atoms with Gasteiger partial charge in [-0.3, -0.25) is 4.79 Å². The fourth-order valence-electron chi connectivity index (χ4n) is 2.49. The molecule has 0 radical (unpaired) electrons. The minimum atomic E-state index is -0.130. The van der Waals surface area contributed by atoms with Crippen molar-refractivity contribution in [1.82, 2.24) is 14.8 Å². The summed E-state index contributed by atoms with van der Waals surface area (Å²) >= 11 is 0. The van der Waals surface area contributed by atoms with E-state index in [0.29, 0.717) is 0 Å². The van der Waals surface area contributed by atoms with E-state index in [2.05, 4.69) is 20.8 Å². The van der Waals surface area contributed by atoms with Crippen molar-refractivity contribution in [1.29, 1.82) is 0 Å². The third kappa shape index (κ3) is 4.00. The Morgan fingerprint density at radius 2 is 1.88 bits per heavy atom. The first kappa shape index (κ1) is 17.5. The van der Waals surface area contributed by atoms with Crippen LogP contribution in [0.25, 0.3) is 11.4 Å². The number of rotatable bonds is 6. The zero-order valence-electron chi connectivity index (χ0n) is 15.0. The number of nitrogens with one attached hydrogen (secondary N) is 2. The van der Waals surface area contributed by atoms with Crippen molar-refractivity contribution in [3.05, 3.63) is 54.4 Å². The molecule has 7 nitrogen and oxygen atoms in total. The van der Waals surface area contributed by atoms with Crippen LogP contribution in [0.1, 0.15) is 5.82 Å². The van der Waals surface area contributed by atoms with Gasteiger partial charge >= 0.3 is 0 Å². The molecule has 0 unspecified atom stereocenters. The van der Waals surface area contributed by atoms with E-state index in [0.717, 1.165) is 34.3 Å². The fourth-order valence-corrected chi connectivity index (χ4v) is 2.49. The quantitative estimate of drug-likeness (QED) is 0.714. The summed E-state index contributed by atoms with van der Waals surface area (Å²) in [5.41, 5.74) is 2.50. The Balaban J connectivity index is 1.61. The maximum Gasteiger partial charge on any atom is 0.243 e. The molecule has 0 saturated heterocycles. The van der Waals surface area contributed by atoms with Crippen molar-refractivity contribution in [3.8, 4) is 17.1 Å². The van der Waals surface area contributed by atoms with Crippen LogP contribution in [0.4, 0.5) is 11.4 Å². The summed E-state index contributed by atoms with van der Waals surface area (Å²) in [4.78, 5) is 12.1. The summed E-state index contributed by atoms with van der Waals surface area (Å²) < 4.78 is 7.03. The molecule has 0 bridgehead atoms. The van der Waals surface area contributed by atoms with E-state index in [-0.39, 0.29) is 12.5 Å². The second-order valence-corrected chi connectivity index (χ2v) is 5.84. The molecule has 1 amide bonds. The van der Waals surface area contributed by atoms with Crippen LogP contribution in [0.15, 0.2) is 48.5 Å². The lowest BCUT2D eigenvalue weighted by Crippen LogP contribution is -2.21. The van der Waals surface area contributed by atoms with Crippen LogP contribution in [-0.2, 0) is 11.8 Å². The number of hydrogen-bond acceptors (Lipinski definition) is 5. The van der Waals surface area contributed by atoms with Crippen LogP contribution >= 0.6 is 0 Å². The molecule has 0 aliphatic heterocycles. The highest BCUT2D eigenvalue weighted by molar-refractivity contribution is 5.93. The third-order valence-electron chi connectivity index (χ3n) is 4.04. The summed E-state index contributed by atoms with van der Waals surface area (Å²) in [5, 5.41) is 14.2. The molecule has 0 spiro atoms. The molecule has 3 rings (SSSR count). The van der Waals surface area contributed by atoms with Crippen molar-refractivity contribution in [2.75, 3.05) is 24.3 Å². The smallest absolute Gasteiger partial charge is 0.243 e. The Morgan fingerprint density at radius 1 is 1.12 bits per heavy atom. The average Bonchev–Trinajstić information content (AvgIpc) is 3.00. The molecule has 1 heterocycles. The van der Waals surface area contributed by atoms with Gasteiger partial charge in [0.15, 0.2) is 5.82 Å². The van der Waals surface area contributed by atoms with Crippen molar-refractivity contribution in [3.63, 3.8) is 0 Å². The monoisotopic (exact) mass is 351 g/mol. The number of aromatic nitrogens is 3. The number of benzene rings is 2. The van der Waals surface area contributed by atoms with E-state index in [1.54, 1.807) is 31.4 Å². The van der Waals surface area contributed by atoms with E-state index in [9.17, 15) is 4.79 Å². The van der Waals surface area contributed by atoms with Gasteiger partial charge in [-0.1, -0.05) is 12.1 Å². The summed E-state index contributed by atoms with van der Waals surface area (Å²) in [6.45, 7) is 2.06. The average molecular weight is 351 g/mol. The van der Waals surface area contributed by atoms with Gasteiger partial charge in [0.25, 0.3) is 0 Å². The molecule has 0 saturated carbocycles. The highest BCUT2D eigenvalue weighted by Gasteiger charge is 2.09. The minimum Gasteiger partial charge on any atom is -0.497 e. The Hall–Kier alpha value is -3.35. The molecule has 134 valence electrons. The summed E-state index contributed by atoms with van der Waals surface area (Å²) in [6.07, 6.45) is 0. The summed E-state index contributed by atoms with van der Waals surface area (Å²) in [6, 6.07) is 14.9. The van der Waals surface area contributed by atoms with E-state index >= 15 is 0 Å². The van der Waals surface area contributed by atoms with Gasteiger partial charge in [0.2, 0.25) is 5.91 Å². The zero-order chi connectivity index (χ0) is 18.5. The number of hydrogen-bond donors (Lipinski definition) is 2. The minimum absolute atomic E-state index is 0.130. The molecule has 0 fully saturated rings. The van der Waals surface area contributed by atoms with E-state index in [1.807, 2.05) is 42.8 Å². The fraction of sp³-hybridized carbons (Fsp3) is 0.211. The van der Waals surface area contributed by atoms with Gasteiger partial charge in [-0.15, -0.1) is 10.2 Å². The van der Waals surface area contributed by atoms with Gasteiger partial charge in [-0.25, -0.2) is 0 Å². The lowest BCUT2D eigenvalue weighted by molar-refractivity contribution is -0.114. The van der Waals surface area contributed by atoms with Crippen LogP contribution < -0.4 is 15.4 Å². The number of ether oxygens (including phenoxy) is 1. The molecule has 0 aliphatic rings. The van der Waals surface area contributed by atoms with Crippen LogP contribution in [0, 0.1) is 6.92 Å². The van der Waals surface area contributed by atoms with Gasteiger partial charge in [0, 0.05) is 24.0 Å². The number of carbonyl (C=O) groups excluding carboxylic acids is 1. The third-order valence-corrected chi connectivity index (χ3v) is 4.04. The zero-order valence-corrected chi connectivity index (χ0v) is 15.0. The molecule has 1 aromatic heterocycles. The topological polar surface area (TPSA) is 81.1 Å². The number of nitrogens with zero attached hydrogens (tertiary/aromatic N) is 3. The summed E-state index contributed by atoms with van der Waals surface area (Å²) in [5.74, 6) is 2.25. The number of carbonyl (C=O) groups is 1. The van der Waals surface area contributed by atoms with Crippen LogP contribution in [0.5, 0.6) is 5.75 Å². The molecular formula is C19H21N5O2. The first-order valence-electron chi connectivity index (χ1n) is 8.21. The summed E-state index contributed by atoms with van der Waals surface area (Å²) in [7, 11) is 3.53. The Kier molecular flexibility index (Phi) is 5.17. The molecule has 2 N–H and O–H groups in total. The highest BCUT2D eigenvalue weighted by atomic mass is 16.5. The van der Waals surface area contributed by atoms with Crippen molar-refractivity contribution in [2.45, 2.75) is 6.92 Å². The normalized spacial score (nSPS) is 10.4. The first-order valence-corrected chi connectivity index (χ1v) is 8.21. The molecule has 2 aromatic carbocycles. The number of methoxy groups -OCH3 is 1. The van der Waals surface area contributed by atoms with Crippen molar-refractivity contribution < 1.29 is 9.53 Å². The Bertz CT molecular complexity index is 903. The van der Waals surface area contributed by atoms with Gasteiger partial charge in [-0.2, -0.15) is 0 Å². The number of amides is 1. The predicted octanol–water partition coefficient (Wildman–Crippen LogP) is 2.85. The second kappa shape index (κ2) is 7.69. The van der Waals surface area contributed by atoms with E-state index < -0.39 is 0 Å². The van der Waals surface area contributed by atoms with Crippen molar-refractivity contribution >= 4 is 17.3 Å². The molecule has 3 aromatic rings. The second-order valence-electron chi connectivity index (χ2n) is 5.84. The van der Waals surface area contributed by atoms with Crippen LogP contribution in [0.3, 0.4) is 0 Å². The SMILES string of the molecule is COc1ccc(NC(=O)CNc2cccc(-c3nnc(C)n3C)c2)cc1. The highest BCUT2D eigenvalue weighted by Crippen LogP contribution is 2.21. The standard InChI is InChI=1S/C19H21N5O2/c1-13-22-23-19(24(13)2)14-5-4-6-16(11-14)20-12-18(25)21-15-7-9-17(26-3)10-8-15/h4-11,20H,12H2,1-3H3,(H,21,25). The molecule has 0 atom stereocenters. The van der Waals surface area contributed by atoms with E-state index in [1.165, 1.54) is 0 Å². The lowest BCUT2D eigenvalue weighted by Gasteiger charge is -2.10. The number of aryl methyl sites for hydroxylation is 1. The van der Waals surface area contributed by atoms with Gasteiger partial charge in [0.1, 0.15) is 11.6 Å². The number of anilines is 2. The van der Waals surface area contributed by atoms with Gasteiger partial charge in [0.05, 0.1) is 13.7 Å². The van der Waals surface area contributed by atoms with Crippen LogP contribution in [-0.4, -0.2) is 34.3 Å². The van der Waals surface area contributed by atoms with Crippen LogP contribution in [0.2, 0.25) is 0 Å². The molecule has 26 heavy (non-hydrogen) atoms. The van der Waals surface area contributed by atoms with Gasteiger partial charge < -0.3 is 19.9 Å². The van der Waals surface area contributed by atoms with Crippen molar-refractivity contribution in [2.24, 2.45) is 7.05 Å². The maximum atomic E-state index is 12.1. The first-order chi connectivity index (χ1) is 12.6. The molecule has 0 aliphatic carbocycles.